The van der Waals surface area contributed by atoms with Gasteiger partial charge in [-0.25, -0.2) is 4.39 Å². The molecule has 0 aliphatic rings. The fourth-order valence-electron chi connectivity index (χ4n) is 1.83. The quantitative estimate of drug-likeness (QED) is 0.750. The van der Waals surface area contributed by atoms with Crippen LogP contribution in [-0.4, -0.2) is 43.9 Å². The van der Waals surface area contributed by atoms with Crippen molar-refractivity contribution in [1.82, 2.24) is 10.2 Å². The molecule has 0 aliphatic carbocycles. The van der Waals surface area contributed by atoms with E-state index in [9.17, 15) is 14.0 Å². The number of nitrogens with one attached hydrogen (secondary N) is 1. The highest BCUT2D eigenvalue weighted by Gasteiger charge is 2.19. The number of amides is 2. The lowest BCUT2D eigenvalue weighted by atomic mass is 10.1. The highest BCUT2D eigenvalue weighted by atomic mass is 35.5. The molecule has 122 valence electrons. The molecule has 0 aromatic heterocycles. The third-order valence-corrected chi connectivity index (χ3v) is 3.88. The first kappa shape index (κ1) is 18.7. The highest BCUT2D eigenvalue weighted by Crippen LogP contribution is 2.27. The van der Waals surface area contributed by atoms with Gasteiger partial charge in [-0.1, -0.05) is 23.2 Å². The Morgan fingerprint density at radius 2 is 2.00 bits per heavy atom. The van der Waals surface area contributed by atoms with Crippen LogP contribution in [0.15, 0.2) is 12.1 Å². The monoisotopic (exact) mass is 350 g/mol. The molecule has 1 aromatic rings. The van der Waals surface area contributed by atoms with Gasteiger partial charge in [0.2, 0.25) is 5.91 Å². The van der Waals surface area contributed by atoms with Crippen molar-refractivity contribution in [3.63, 3.8) is 0 Å². The number of quaternary nitrogens is 1. The van der Waals surface area contributed by atoms with Gasteiger partial charge < -0.3 is 15.5 Å². The summed E-state index contributed by atoms with van der Waals surface area (Å²) in [4.78, 5) is 24.5. The van der Waals surface area contributed by atoms with Gasteiger partial charge in [-0.3, -0.25) is 9.59 Å². The van der Waals surface area contributed by atoms with E-state index in [-0.39, 0.29) is 36.0 Å². The fraction of sp³-hybridized carbons (Fsp3) is 0.429. The van der Waals surface area contributed by atoms with Crippen LogP contribution < -0.4 is 10.6 Å². The van der Waals surface area contributed by atoms with Gasteiger partial charge in [0.05, 0.1) is 16.6 Å². The van der Waals surface area contributed by atoms with Crippen LogP contribution in [0.3, 0.4) is 0 Å². The van der Waals surface area contributed by atoms with Gasteiger partial charge >= 0.3 is 0 Å². The summed E-state index contributed by atoms with van der Waals surface area (Å²) in [5.41, 5.74) is 0.560. The minimum absolute atomic E-state index is 0.00607. The maximum absolute atomic E-state index is 13.5. The van der Waals surface area contributed by atoms with Crippen LogP contribution >= 0.6 is 23.2 Å². The van der Waals surface area contributed by atoms with E-state index in [1.54, 1.807) is 19.3 Å². The van der Waals surface area contributed by atoms with Crippen molar-refractivity contribution in [1.29, 1.82) is 0 Å². The molecule has 0 spiro atoms. The van der Waals surface area contributed by atoms with Gasteiger partial charge in [0.1, 0.15) is 11.9 Å². The zero-order valence-electron chi connectivity index (χ0n) is 12.6. The van der Waals surface area contributed by atoms with Crippen molar-refractivity contribution in [2.45, 2.75) is 13.0 Å². The number of rotatable bonds is 6. The van der Waals surface area contributed by atoms with Crippen molar-refractivity contribution in [2.75, 3.05) is 27.2 Å². The smallest absolute Gasteiger partial charge is 0.277 e. The normalized spacial score (nSPS) is 11.9. The Hall–Kier alpha value is -1.37. The molecule has 0 fully saturated rings. The van der Waals surface area contributed by atoms with E-state index in [2.05, 4.69) is 5.32 Å². The lowest BCUT2D eigenvalue weighted by molar-refractivity contribution is -0.683. The van der Waals surface area contributed by atoms with Crippen LogP contribution in [0.25, 0.3) is 0 Å². The minimum Gasteiger partial charge on any atom is -0.358 e. The summed E-state index contributed by atoms with van der Waals surface area (Å²) >= 11 is 11.7. The Balaban J connectivity index is 2.62. The second-order valence-electron chi connectivity index (χ2n) is 4.94. The van der Waals surface area contributed by atoms with Gasteiger partial charge in [-0.2, -0.15) is 0 Å². The summed E-state index contributed by atoms with van der Waals surface area (Å²) < 4.78 is 13.5. The summed E-state index contributed by atoms with van der Waals surface area (Å²) in [5.74, 6) is -1.00. The van der Waals surface area contributed by atoms with Crippen molar-refractivity contribution in [3.05, 3.63) is 33.6 Å². The first-order valence-corrected chi connectivity index (χ1v) is 7.44. The zero-order chi connectivity index (χ0) is 16.9. The maximum atomic E-state index is 13.5. The molecule has 5 nitrogen and oxygen atoms in total. The van der Waals surface area contributed by atoms with Crippen molar-refractivity contribution in [3.8, 4) is 0 Å². The van der Waals surface area contributed by atoms with Gasteiger partial charge in [0, 0.05) is 19.7 Å². The number of halogens is 3. The van der Waals surface area contributed by atoms with Crippen LogP contribution in [0.5, 0.6) is 0 Å². The van der Waals surface area contributed by atoms with E-state index in [1.165, 1.54) is 24.1 Å². The fourth-order valence-corrected chi connectivity index (χ4v) is 2.39. The molecule has 1 aromatic carbocycles. The Kier molecular flexibility index (Phi) is 7.06. The first-order chi connectivity index (χ1) is 10.3. The zero-order valence-corrected chi connectivity index (χ0v) is 14.1. The summed E-state index contributed by atoms with van der Waals surface area (Å²) in [5, 5.41) is 4.47. The van der Waals surface area contributed by atoms with Crippen molar-refractivity contribution < 1.29 is 19.3 Å². The van der Waals surface area contributed by atoms with E-state index in [4.69, 9.17) is 23.2 Å². The predicted molar refractivity (Wildman–Crippen MR) is 83.3 cm³/mol. The predicted octanol–water partition coefficient (Wildman–Crippen LogP) is 0.961. The summed E-state index contributed by atoms with van der Waals surface area (Å²) in [6.07, 6.45) is 0. The molecule has 0 aliphatic heterocycles. The molecule has 0 radical (unpaired) electrons. The van der Waals surface area contributed by atoms with Crippen molar-refractivity contribution >= 4 is 35.0 Å². The Morgan fingerprint density at radius 1 is 1.36 bits per heavy atom. The van der Waals surface area contributed by atoms with Gasteiger partial charge in [0.25, 0.3) is 5.91 Å². The average Bonchev–Trinajstić information content (AvgIpc) is 2.47. The van der Waals surface area contributed by atoms with Crippen LogP contribution in [0.4, 0.5) is 4.39 Å². The third kappa shape index (κ3) is 5.12. The number of hydrogen-bond acceptors (Lipinski definition) is 2. The standard InChI is InChI=1S/C14H18Cl2FN3O2/c1-8(9-4-12(17)11(16)5-10(9)15)19-6-14(22)20(3)7-13(21)18-2/h4-5,8,19H,6-7H2,1-3H3,(H,18,21)/p+1/t8-/m0/s1. The van der Waals surface area contributed by atoms with E-state index in [0.29, 0.717) is 10.6 Å². The van der Waals surface area contributed by atoms with E-state index in [0.717, 1.165) is 0 Å². The second kappa shape index (κ2) is 8.31. The minimum atomic E-state index is -0.552. The lowest BCUT2D eigenvalue weighted by Crippen LogP contribution is -2.87. The molecule has 1 atom stereocenters. The topological polar surface area (TPSA) is 66.0 Å². The average molecular weight is 351 g/mol. The summed E-state index contributed by atoms with van der Waals surface area (Å²) in [6, 6.07) is 2.39. The number of likely N-dealkylation sites (N-methyl/N-ethyl adjacent to an activating group) is 2. The molecule has 0 bridgehead atoms. The molecular weight excluding hydrogens is 332 g/mol. The third-order valence-electron chi connectivity index (χ3n) is 3.26. The molecular formula is C14H19Cl2FN3O2+. The SMILES string of the molecule is CNC(=O)CN(C)C(=O)C[NH2+][C@@H](C)c1cc(F)c(Cl)cc1Cl. The van der Waals surface area contributed by atoms with Crippen LogP contribution in [0.2, 0.25) is 10.0 Å². The Bertz CT molecular complexity index is 569. The van der Waals surface area contributed by atoms with Crippen LogP contribution in [-0.2, 0) is 9.59 Å². The largest absolute Gasteiger partial charge is 0.358 e. The maximum Gasteiger partial charge on any atom is 0.277 e. The number of carbonyl (C=O) groups excluding carboxylic acids is 2. The lowest BCUT2D eigenvalue weighted by Gasteiger charge is -2.17. The first-order valence-electron chi connectivity index (χ1n) is 6.68. The number of carbonyl (C=O) groups is 2. The number of benzene rings is 1. The summed E-state index contributed by atoms with van der Waals surface area (Å²) in [6.45, 7) is 1.92. The second-order valence-corrected chi connectivity index (χ2v) is 5.75. The van der Waals surface area contributed by atoms with E-state index < -0.39 is 5.82 Å². The molecule has 8 heteroatoms. The molecule has 22 heavy (non-hydrogen) atoms. The molecule has 3 N–H and O–H groups in total. The van der Waals surface area contributed by atoms with Gasteiger partial charge in [-0.05, 0) is 19.1 Å². The van der Waals surface area contributed by atoms with Crippen LogP contribution in [0.1, 0.15) is 18.5 Å². The van der Waals surface area contributed by atoms with Gasteiger partial charge in [0.15, 0.2) is 6.54 Å². The van der Waals surface area contributed by atoms with Crippen molar-refractivity contribution in [2.24, 2.45) is 0 Å². The highest BCUT2D eigenvalue weighted by molar-refractivity contribution is 6.35. The number of nitrogens with two attached hydrogens (primary N) is 1. The Labute approximate surface area is 138 Å². The molecule has 2 amide bonds. The molecule has 0 saturated carbocycles. The molecule has 1 rings (SSSR count). The molecule has 0 saturated heterocycles. The molecule has 0 unspecified atom stereocenters. The Morgan fingerprint density at radius 3 is 2.59 bits per heavy atom. The summed E-state index contributed by atoms with van der Waals surface area (Å²) in [7, 11) is 3.05. The molecule has 0 heterocycles. The van der Waals surface area contributed by atoms with E-state index in [1.807, 2.05) is 0 Å². The van der Waals surface area contributed by atoms with E-state index >= 15 is 0 Å². The number of nitrogens with zero attached hydrogens (tertiary/aromatic N) is 1. The van der Waals surface area contributed by atoms with Gasteiger partial charge in [-0.15, -0.1) is 0 Å². The number of hydrogen-bond donors (Lipinski definition) is 2. The van der Waals surface area contributed by atoms with Crippen LogP contribution in [0, 0.1) is 5.82 Å².